The van der Waals surface area contributed by atoms with Crippen LogP contribution in [-0.4, -0.2) is 45.1 Å². The van der Waals surface area contributed by atoms with Crippen molar-refractivity contribution in [2.45, 2.75) is 49.6 Å². The first kappa shape index (κ1) is 20.4. The number of hydrogen-bond acceptors (Lipinski definition) is 4. The van der Waals surface area contributed by atoms with Crippen molar-refractivity contribution in [3.63, 3.8) is 0 Å². The van der Waals surface area contributed by atoms with E-state index in [0.29, 0.717) is 36.7 Å². The van der Waals surface area contributed by atoms with Gasteiger partial charge in [0.1, 0.15) is 0 Å². The van der Waals surface area contributed by atoms with Gasteiger partial charge in [0.15, 0.2) is 0 Å². The molecule has 23 heavy (non-hydrogen) atoms. The largest absolute Gasteiger partial charge is 0.381 e. The van der Waals surface area contributed by atoms with E-state index >= 15 is 0 Å². The van der Waals surface area contributed by atoms with E-state index in [4.69, 9.17) is 10.5 Å². The van der Waals surface area contributed by atoms with E-state index in [-0.39, 0.29) is 24.6 Å². The summed E-state index contributed by atoms with van der Waals surface area (Å²) in [6.07, 6.45) is 1.44. The molecule has 1 saturated heterocycles. The molecule has 0 bridgehead atoms. The van der Waals surface area contributed by atoms with E-state index in [9.17, 15) is 8.42 Å². The van der Waals surface area contributed by atoms with Crippen LogP contribution in [0.5, 0.6) is 0 Å². The molecular weight excluding hydrogens is 336 g/mol. The van der Waals surface area contributed by atoms with Crippen LogP contribution in [-0.2, 0) is 14.8 Å². The molecule has 0 saturated carbocycles. The van der Waals surface area contributed by atoms with Gasteiger partial charge >= 0.3 is 0 Å². The summed E-state index contributed by atoms with van der Waals surface area (Å²) in [5.41, 5.74) is 6.92. The molecule has 0 spiro atoms. The van der Waals surface area contributed by atoms with Crippen molar-refractivity contribution in [3.05, 3.63) is 29.8 Å². The highest BCUT2D eigenvalue weighted by atomic mass is 35.5. The van der Waals surface area contributed by atoms with Gasteiger partial charge in [-0.15, -0.1) is 12.4 Å². The zero-order chi connectivity index (χ0) is 16.3. The molecule has 1 heterocycles. The number of piperidine rings is 1. The second kappa shape index (κ2) is 8.44. The first-order chi connectivity index (χ1) is 10.4. The number of sulfonamides is 1. The average molecular weight is 363 g/mol. The van der Waals surface area contributed by atoms with Crippen LogP contribution < -0.4 is 5.73 Å². The summed E-state index contributed by atoms with van der Waals surface area (Å²) >= 11 is 0. The Kier molecular flexibility index (Phi) is 7.48. The minimum absolute atomic E-state index is 0. The zero-order valence-electron chi connectivity index (χ0n) is 13.9. The molecule has 2 unspecified atom stereocenters. The van der Waals surface area contributed by atoms with E-state index in [2.05, 4.69) is 13.8 Å². The summed E-state index contributed by atoms with van der Waals surface area (Å²) in [7, 11) is -1.84. The van der Waals surface area contributed by atoms with Crippen molar-refractivity contribution in [2.24, 2.45) is 5.73 Å². The Morgan fingerprint density at radius 1 is 1.30 bits per heavy atom. The Balaban J connectivity index is 0.00000264. The lowest BCUT2D eigenvalue weighted by Gasteiger charge is -2.37. The van der Waals surface area contributed by atoms with E-state index in [1.807, 2.05) is 12.1 Å². The SMILES string of the molecule is COC1CCN(S(=O)(=O)c2ccc(C(C)C)cc2)C(CN)C1.Cl. The summed E-state index contributed by atoms with van der Waals surface area (Å²) in [6, 6.07) is 6.96. The number of ether oxygens (including phenoxy) is 1. The third kappa shape index (κ3) is 4.45. The summed E-state index contributed by atoms with van der Waals surface area (Å²) in [5, 5.41) is 0. The maximum Gasteiger partial charge on any atom is 0.243 e. The first-order valence-corrected chi connectivity index (χ1v) is 9.18. The molecular formula is C16H27ClN2O3S. The molecule has 2 atom stereocenters. The van der Waals surface area contributed by atoms with Crippen molar-refractivity contribution in [1.29, 1.82) is 0 Å². The third-order valence-corrected chi connectivity index (χ3v) is 6.34. The second-order valence-electron chi connectivity index (χ2n) is 6.11. The Labute approximate surface area is 145 Å². The van der Waals surface area contributed by atoms with Gasteiger partial charge in [0, 0.05) is 26.2 Å². The molecule has 1 aromatic rings. The van der Waals surface area contributed by atoms with Gasteiger partial charge in [0.05, 0.1) is 11.0 Å². The molecule has 2 N–H and O–H groups in total. The number of hydrogen-bond donors (Lipinski definition) is 1. The number of benzene rings is 1. The van der Waals surface area contributed by atoms with Crippen LogP contribution >= 0.6 is 12.4 Å². The highest BCUT2D eigenvalue weighted by Crippen LogP contribution is 2.27. The lowest BCUT2D eigenvalue weighted by atomic mass is 10.0. The minimum atomic E-state index is -3.50. The summed E-state index contributed by atoms with van der Waals surface area (Å²) in [6.45, 7) is 4.94. The number of rotatable bonds is 5. The van der Waals surface area contributed by atoms with Crippen LogP contribution in [0.4, 0.5) is 0 Å². The predicted octanol–water partition coefficient (Wildman–Crippen LogP) is 2.36. The Morgan fingerprint density at radius 3 is 2.39 bits per heavy atom. The van der Waals surface area contributed by atoms with E-state index < -0.39 is 10.0 Å². The van der Waals surface area contributed by atoms with Crippen molar-refractivity contribution in [3.8, 4) is 0 Å². The van der Waals surface area contributed by atoms with Crippen LogP contribution in [0.25, 0.3) is 0 Å². The lowest BCUT2D eigenvalue weighted by Crippen LogP contribution is -2.51. The molecule has 5 nitrogen and oxygen atoms in total. The highest BCUT2D eigenvalue weighted by molar-refractivity contribution is 7.89. The van der Waals surface area contributed by atoms with Crippen LogP contribution in [0, 0.1) is 0 Å². The Bertz CT molecular complexity index is 590. The topological polar surface area (TPSA) is 72.6 Å². The fraction of sp³-hybridized carbons (Fsp3) is 0.625. The van der Waals surface area contributed by atoms with Crippen LogP contribution in [0.2, 0.25) is 0 Å². The summed E-state index contributed by atoms with van der Waals surface area (Å²) in [4.78, 5) is 0.339. The number of nitrogens with zero attached hydrogens (tertiary/aromatic N) is 1. The molecule has 0 aromatic heterocycles. The minimum Gasteiger partial charge on any atom is -0.381 e. The fourth-order valence-electron chi connectivity index (χ4n) is 2.90. The molecule has 1 aliphatic rings. The van der Waals surface area contributed by atoms with E-state index in [1.54, 1.807) is 19.2 Å². The quantitative estimate of drug-likeness (QED) is 0.872. The smallest absolute Gasteiger partial charge is 0.243 e. The van der Waals surface area contributed by atoms with Crippen LogP contribution in [0.15, 0.2) is 29.2 Å². The van der Waals surface area contributed by atoms with Crippen LogP contribution in [0.3, 0.4) is 0 Å². The molecule has 132 valence electrons. The average Bonchev–Trinajstić information content (AvgIpc) is 2.54. The molecule has 0 radical (unpaired) electrons. The van der Waals surface area contributed by atoms with Crippen molar-refractivity contribution in [1.82, 2.24) is 4.31 Å². The van der Waals surface area contributed by atoms with Crippen molar-refractivity contribution in [2.75, 3.05) is 20.2 Å². The molecule has 1 fully saturated rings. The monoisotopic (exact) mass is 362 g/mol. The Morgan fingerprint density at radius 2 is 1.91 bits per heavy atom. The predicted molar refractivity (Wildman–Crippen MR) is 94.5 cm³/mol. The second-order valence-corrected chi connectivity index (χ2v) is 8.00. The fourth-order valence-corrected chi connectivity index (χ4v) is 4.56. The van der Waals surface area contributed by atoms with Gasteiger partial charge in [0.2, 0.25) is 10.0 Å². The molecule has 1 aliphatic heterocycles. The summed E-state index contributed by atoms with van der Waals surface area (Å²) in [5.74, 6) is 0.381. The van der Waals surface area contributed by atoms with Gasteiger partial charge in [-0.25, -0.2) is 8.42 Å². The highest BCUT2D eigenvalue weighted by Gasteiger charge is 2.36. The van der Waals surface area contributed by atoms with Gasteiger partial charge in [-0.2, -0.15) is 4.31 Å². The first-order valence-electron chi connectivity index (χ1n) is 7.74. The summed E-state index contributed by atoms with van der Waals surface area (Å²) < 4.78 is 32.6. The van der Waals surface area contributed by atoms with E-state index in [0.717, 1.165) is 5.56 Å². The van der Waals surface area contributed by atoms with Gasteiger partial charge in [-0.05, 0) is 36.5 Å². The number of nitrogens with two attached hydrogens (primary N) is 1. The molecule has 0 amide bonds. The number of methoxy groups -OCH3 is 1. The van der Waals surface area contributed by atoms with Gasteiger partial charge < -0.3 is 10.5 Å². The molecule has 7 heteroatoms. The normalized spacial score (nSPS) is 22.8. The molecule has 1 aromatic carbocycles. The maximum absolute atomic E-state index is 12.9. The Hall–Kier alpha value is -0.660. The maximum atomic E-state index is 12.9. The van der Waals surface area contributed by atoms with Gasteiger partial charge in [-0.1, -0.05) is 26.0 Å². The lowest BCUT2D eigenvalue weighted by molar-refractivity contribution is 0.0401. The van der Waals surface area contributed by atoms with Crippen LogP contribution in [0.1, 0.15) is 38.2 Å². The van der Waals surface area contributed by atoms with Crippen molar-refractivity contribution >= 4 is 22.4 Å². The molecule has 0 aliphatic carbocycles. The van der Waals surface area contributed by atoms with E-state index in [1.165, 1.54) is 4.31 Å². The van der Waals surface area contributed by atoms with Gasteiger partial charge in [0.25, 0.3) is 0 Å². The zero-order valence-corrected chi connectivity index (χ0v) is 15.6. The van der Waals surface area contributed by atoms with Gasteiger partial charge in [-0.3, -0.25) is 0 Å². The van der Waals surface area contributed by atoms with Crippen molar-refractivity contribution < 1.29 is 13.2 Å². The third-order valence-electron chi connectivity index (χ3n) is 4.37. The number of halogens is 1. The molecule has 2 rings (SSSR count). The standard InChI is InChI=1S/C16H26N2O3S.ClH/c1-12(2)13-4-6-16(7-5-13)22(19,20)18-9-8-15(21-3)10-14(18)11-17;/h4-7,12,14-15H,8-11,17H2,1-3H3;1H.